The van der Waals surface area contributed by atoms with Crippen LogP contribution in [0, 0.1) is 56.8 Å². The van der Waals surface area contributed by atoms with Crippen molar-refractivity contribution in [3.05, 3.63) is 48.4 Å². The minimum absolute atomic E-state index is 0. The summed E-state index contributed by atoms with van der Waals surface area (Å²) in [5, 5.41) is 9.71. The van der Waals surface area contributed by atoms with E-state index in [4.69, 9.17) is 0 Å². The first-order valence-electron chi connectivity index (χ1n) is 5.03. The Bertz CT molecular complexity index is 507. The van der Waals surface area contributed by atoms with Gasteiger partial charge in [0.25, 0.3) is 5.78 Å². The molecule has 0 saturated carbocycles. The van der Waals surface area contributed by atoms with E-state index in [1.165, 1.54) is 6.07 Å². The van der Waals surface area contributed by atoms with Gasteiger partial charge in [-0.05, 0) is 18.4 Å². The number of halogens is 3. The molecule has 0 aliphatic heterocycles. The molecule has 1 aromatic rings. The van der Waals surface area contributed by atoms with Crippen molar-refractivity contribution in [2.75, 3.05) is 0 Å². The number of aryl methyl sites for hydroxylation is 1. The molecule has 0 spiro atoms. The molecule has 1 aliphatic carbocycles. The third kappa shape index (κ3) is 3.89. The van der Waals surface area contributed by atoms with Gasteiger partial charge < -0.3 is 12.5 Å². The largest absolute Gasteiger partial charge is 0.507 e. The van der Waals surface area contributed by atoms with Gasteiger partial charge in [0, 0.05) is 60.5 Å². The molecule has 1 N–H and O–H groups in total. The number of aliphatic hydroxyl groups is 1. The van der Waals surface area contributed by atoms with E-state index in [0.29, 0.717) is 12.0 Å². The zero-order valence-electron chi connectivity index (χ0n) is 10.1. The molecule has 6 heteroatoms. The summed E-state index contributed by atoms with van der Waals surface area (Å²) in [5.74, 6) is -2.50. The number of hydrogen-bond acceptors (Lipinski definition) is 2. The van der Waals surface area contributed by atoms with Gasteiger partial charge in [-0.15, -0.1) is 0 Å². The van der Waals surface area contributed by atoms with Crippen molar-refractivity contribution in [1.82, 2.24) is 0 Å². The summed E-state index contributed by atoms with van der Waals surface area (Å²) in [6.45, 7) is 0. The first-order valence-corrected chi connectivity index (χ1v) is 5.03. The Balaban J connectivity index is 0.00000162. The number of aliphatic hydroxyl groups excluding tert-OH is 1. The monoisotopic (exact) mass is 410 g/mol. The molecule has 0 unspecified atom stereocenters. The van der Waals surface area contributed by atoms with Crippen LogP contribution in [0.4, 0.5) is 13.2 Å². The van der Waals surface area contributed by atoms with E-state index in [9.17, 15) is 23.1 Å². The smallest absolute Gasteiger partial charge is 0.454 e. The minimum Gasteiger partial charge on any atom is -0.507 e. The van der Waals surface area contributed by atoms with Crippen molar-refractivity contribution in [2.24, 2.45) is 0 Å². The molecule has 1 aromatic carbocycles. The maximum absolute atomic E-state index is 12.3. The standard InChI is InChI=1S/C12H9F3O2.CH3.Eu/c13-12(14,15)11(17)9-6-5-7-3-1-2-4-8(7)10(9)16;;/h1-4,16H,5-6H2;1H3;/q;-1;. The second-order valence-electron chi connectivity index (χ2n) is 3.81. The van der Waals surface area contributed by atoms with Gasteiger partial charge in [0.2, 0.25) is 0 Å². The average Bonchev–Trinajstić information content (AvgIpc) is 2.28. The zero-order valence-corrected chi connectivity index (χ0v) is 12.5. The van der Waals surface area contributed by atoms with Crippen LogP contribution in [0.3, 0.4) is 0 Å². The van der Waals surface area contributed by atoms with Gasteiger partial charge in [-0.2, -0.15) is 13.2 Å². The zero-order chi connectivity index (χ0) is 12.6. The van der Waals surface area contributed by atoms with Gasteiger partial charge in [0.05, 0.1) is 0 Å². The van der Waals surface area contributed by atoms with Gasteiger partial charge in [0.15, 0.2) is 0 Å². The average molecular weight is 409 g/mol. The summed E-state index contributed by atoms with van der Waals surface area (Å²) in [6, 6.07) is 6.58. The van der Waals surface area contributed by atoms with Crippen LogP contribution in [0.5, 0.6) is 0 Å². The molecule has 0 fully saturated rings. The molecule has 0 aromatic heterocycles. The van der Waals surface area contributed by atoms with E-state index in [1.807, 2.05) is 0 Å². The number of fused-ring (bicyclic) bond motifs is 1. The molecule has 0 saturated heterocycles. The SMILES string of the molecule is O=C(C1=C(O)c2ccccc2CC1)C(F)(F)F.[CH3-].[Eu]. The molecule has 2 nitrogen and oxygen atoms in total. The number of Topliss-reactive ketones (excluding diaryl/α,β-unsaturated/α-hetero) is 1. The molecule has 0 amide bonds. The quantitative estimate of drug-likeness (QED) is 0.722. The summed E-state index contributed by atoms with van der Waals surface area (Å²) in [6.07, 6.45) is -4.69. The molecular formula is C13H12EuF3O2-. The van der Waals surface area contributed by atoms with Crippen LogP contribution in [0.15, 0.2) is 29.8 Å². The molecule has 0 bridgehead atoms. The fourth-order valence-corrected chi connectivity index (χ4v) is 1.90. The molecule has 19 heavy (non-hydrogen) atoms. The van der Waals surface area contributed by atoms with E-state index < -0.39 is 23.3 Å². The first-order chi connectivity index (χ1) is 7.91. The second-order valence-corrected chi connectivity index (χ2v) is 3.81. The van der Waals surface area contributed by atoms with Crippen molar-refractivity contribution < 1.29 is 72.4 Å². The molecule has 1 aliphatic rings. The van der Waals surface area contributed by atoms with Crippen LogP contribution < -0.4 is 0 Å². The molecule has 1 radical (unpaired) electrons. The van der Waals surface area contributed by atoms with E-state index in [0.717, 1.165) is 5.56 Å². The Morgan fingerprint density at radius 1 is 1.16 bits per heavy atom. The van der Waals surface area contributed by atoms with Crippen LogP contribution in [-0.4, -0.2) is 17.1 Å². The number of allylic oxidation sites excluding steroid dienone is 1. The summed E-state index contributed by atoms with van der Waals surface area (Å²) >= 11 is 0. The number of rotatable bonds is 1. The van der Waals surface area contributed by atoms with Crippen LogP contribution in [0.1, 0.15) is 17.5 Å². The van der Waals surface area contributed by atoms with E-state index in [-0.39, 0.29) is 63.2 Å². The van der Waals surface area contributed by atoms with E-state index in [2.05, 4.69) is 0 Å². The summed E-state index contributed by atoms with van der Waals surface area (Å²) < 4.78 is 36.9. The van der Waals surface area contributed by atoms with Crippen molar-refractivity contribution in [1.29, 1.82) is 0 Å². The number of carbonyl (C=O) groups is 1. The topological polar surface area (TPSA) is 37.3 Å². The fourth-order valence-electron chi connectivity index (χ4n) is 1.90. The van der Waals surface area contributed by atoms with Gasteiger partial charge >= 0.3 is 6.18 Å². The van der Waals surface area contributed by atoms with E-state index >= 15 is 0 Å². The molecule has 0 atom stereocenters. The minimum atomic E-state index is -4.93. The fraction of sp³-hybridized carbons (Fsp3) is 0.231. The number of carbonyl (C=O) groups excluding carboxylic acids is 1. The van der Waals surface area contributed by atoms with Crippen molar-refractivity contribution in [2.45, 2.75) is 19.0 Å². The molecule has 0 heterocycles. The summed E-state index contributed by atoms with van der Waals surface area (Å²) in [7, 11) is 0. The first kappa shape index (κ1) is 18.8. The Kier molecular flexibility index (Phi) is 6.93. The van der Waals surface area contributed by atoms with E-state index in [1.54, 1.807) is 18.2 Å². The van der Waals surface area contributed by atoms with Crippen LogP contribution in [-0.2, 0) is 11.2 Å². The third-order valence-electron chi connectivity index (χ3n) is 2.73. The Morgan fingerprint density at radius 2 is 1.74 bits per heavy atom. The molecular weight excluding hydrogens is 397 g/mol. The number of hydrogen-bond donors (Lipinski definition) is 1. The summed E-state index contributed by atoms with van der Waals surface area (Å²) in [5.41, 5.74) is 0.520. The number of alkyl halides is 3. The van der Waals surface area contributed by atoms with Gasteiger partial charge in [-0.1, -0.05) is 24.3 Å². The predicted octanol–water partition coefficient (Wildman–Crippen LogP) is 3.48. The van der Waals surface area contributed by atoms with Crippen LogP contribution >= 0.6 is 0 Å². The Hall–Kier alpha value is -0.196. The van der Waals surface area contributed by atoms with Crippen LogP contribution in [0.2, 0.25) is 0 Å². The summed E-state index contributed by atoms with van der Waals surface area (Å²) in [4.78, 5) is 11.1. The van der Waals surface area contributed by atoms with Crippen molar-refractivity contribution in [3.63, 3.8) is 0 Å². The van der Waals surface area contributed by atoms with Gasteiger partial charge in [0.1, 0.15) is 5.76 Å². The maximum Gasteiger partial charge on any atom is 0.454 e. The second kappa shape index (κ2) is 7.00. The van der Waals surface area contributed by atoms with Crippen molar-refractivity contribution >= 4 is 11.5 Å². The van der Waals surface area contributed by atoms with Gasteiger partial charge in [-0.25, -0.2) is 0 Å². The number of ketones is 1. The molecule has 105 valence electrons. The van der Waals surface area contributed by atoms with Crippen LogP contribution in [0.25, 0.3) is 5.76 Å². The molecule has 2 rings (SSSR count). The predicted molar refractivity (Wildman–Crippen MR) is 61.8 cm³/mol. The Morgan fingerprint density at radius 3 is 2.32 bits per heavy atom. The normalized spacial score (nSPS) is 14.1. The number of benzene rings is 1. The van der Waals surface area contributed by atoms with Crippen molar-refractivity contribution in [3.8, 4) is 0 Å². The third-order valence-corrected chi connectivity index (χ3v) is 2.73. The maximum atomic E-state index is 12.3. The Labute approximate surface area is 150 Å². The van der Waals surface area contributed by atoms with Gasteiger partial charge in [-0.3, -0.25) is 4.79 Å².